The van der Waals surface area contributed by atoms with Gasteiger partial charge in [-0.3, -0.25) is 9.48 Å². The number of carbonyl (C=O) groups excluding carboxylic acids is 1. The average molecular weight is 336 g/mol. The number of nitrogens with zero attached hydrogens (tertiary/aromatic N) is 3. The topological polar surface area (TPSA) is 67.9 Å². The summed E-state index contributed by atoms with van der Waals surface area (Å²) in [5.74, 6) is -0.0607. The molecule has 2 aromatic rings. The molecule has 1 heterocycles. The van der Waals surface area contributed by atoms with E-state index in [2.05, 4.69) is 21.0 Å². The van der Waals surface area contributed by atoms with E-state index in [9.17, 15) is 4.79 Å². The van der Waals surface area contributed by atoms with Gasteiger partial charge in [0.1, 0.15) is 12.6 Å². The van der Waals surface area contributed by atoms with Gasteiger partial charge in [0.25, 0.3) is 0 Å². The first-order valence-corrected chi connectivity index (χ1v) is 7.02. The van der Waals surface area contributed by atoms with Crippen molar-refractivity contribution in [2.75, 3.05) is 6.61 Å². The van der Waals surface area contributed by atoms with Crippen molar-refractivity contribution in [3.63, 3.8) is 0 Å². The predicted octanol–water partition coefficient (Wildman–Crippen LogP) is 2.87. The first-order chi connectivity index (χ1) is 9.51. The fourth-order valence-electron chi connectivity index (χ4n) is 1.78. The molecule has 0 aliphatic rings. The lowest BCUT2D eigenvalue weighted by atomic mass is 10.2. The monoisotopic (exact) mass is 335 g/mol. The molecule has 0 atom stereocenters. The van der Waals surface area contributed by atoms with Crippen LogP contribution in [0.25, 0.3) is 10.9 Å². The molecule has 2 rings (SSSR count). The van der Waals surface area contributed by atoms with Crippen molar-refractivity contribution < 1.29 is 9.53 Å². The highest BCUT2D eigenvalue weighted by Gasteiger charge is 2.14. The number of ether oxygens (including phenoxy) is 1. The molecule has 0 saturated heterocycles. The van der Waals surface area contributed by atoms with Crippen molar-refractivity contribution in [1.29, 1.82) is 5.26 Å². The number of aromatic nitrogens is 2. The predicted molar refractivity (Wildman–Crippen MR) is 77.9 cm³/mol. The van der Waals surface area contributed by atoms with Crippen LogP contribution in [0.2, 0.25) is 0 Å². The number of rotatable bonds is 4. The molecule has 0 bridgehead atoms. The molecule has 0 amide bonds. The fourth-order valence-corrected chi connectivity index (χ4v) is 2.14. The molecule has 0 unspecified atom stereocenters. The third kappa shape index (κ3) is 3.17. The van der Waals surface area contributed by atoms with Gasteiger partial charge in [-0.15, -0.1) is 0 Å². The Morgan fingerprint density at radius 3 is 2.95 bits per heavy atom. The van der Waals surface area contributed by atoms with Gasteiger partial charge >= 0.3 is 5.97 Å². The van der Waals surface area contributed by atoms with E-state index < -0.39 is 0 Å². The van der Waals surface area contributed by atoms with Gasteiger partial charge in [-0.2, -0.15) is 10.4 Å². The van der Waals surface area contributed by atoms with Gasteiger partial charge in [0.05, 0.1) is 12.1 Å². The van der Waals surface area contributed by atoms with Crippen LogP contribution in [0.5, 0.6) is 0 Å². The zero-order valence-corrected chi connectivity index (χ0v) is 12.8. The summed E-state index contributed by atoms with van der Waals surface area (Å²) in [5, 5.41) is 14.0. The van der Waals surface area contributed by atoms with Crippen LogP contribution in [0.1, 0.15) is 19.5 Å². The lowest BCUT2D eigenvalue weighted by molar-refractivity contribution is -0.145. The highest BCUT2D eigenvalue weighted by atomic mass is 79.9. The Bertz CT molecular complexity index is 686. The van der Waals surface area contributed by atoms with Gasteiger partial charge < -0.3 is 4.74 Å². The maximum atomic E-state index is 11.7. The third-order valence-electron chi connectivity index (χ3n) is 2.67. The molecule has 1 aromatic heterocycles. The molecule has 0 aliphatic heterocycles. The van der Waals surface area contributed by atoms with Crippen molar-refractivity contribution in [3.8, 4) is 6.07 Å². The van der Waals surface area contributed by atoms with Gasteiger partial charge in [0, 0.05) is 9.86 Å². The molecule has 0 aliphatic carbocycles. The average Bonchev–Trinajstić information content (AvgIpc) is 2.73. The Morgan fingerprint density at radius 1 is 1.55 bits per heavy atom. The molecule has 0 N–H and O–H groups in total. The fraction of sp³-hybridized carbons (Fsp3) is 0.357. The molecule has 20 heavy (non-hydrogen) atoms. The molecule has 104 valence electrons. The second kappa shape index (κ2) is 6.06. The summed E-state index contributed by atoms with van der Waals surface area (Å²) in [6.45, 7) is 4.34. The van der Waals surface area contributed by atoms with E-state index in [-0.39, 0.29) is 12.5 Å². The summed E-state index contributed by atoms with van der Waals surface area (Å²) in [6.07, 6.45) is 0. The summed E-state index contributed by atoms with van der Waals surface area (Å²) in [6, 6.07) is 7.52. The molecule has 0 spiro atoms. The van der Waals surface area contributed by atoms with Crippen LogP contribution in [0.15, 0.2) is 22.7 Å². The van der Waals surface area contributed by atoms with Crippen LogP contribution < -0.4 is 0 Å². The maximum Gasteiger partial charge on any atom is 0.327 e. The van der Waals surface area contributed by atoms with E-state index >= 15 is 0 Å². The number of fused-ring (bicyclic) bond motifs is 1. The molecule has 5 nitrogen and oxygen atoms in total. The van der Waals surface area contributed by atoms with Crippen molar-refractivity contribution >= 4 is 32.8 Å². The normalized spacial score (nSPS) is 10.8. The minimum Gasteiger partial charge on any atom is -0.464 e. The van der Waals surface area contributed by atoms with E-state index in [1.54, 1.807) is 0 Å². The van der Waals surface area contributed by atoms with Crippen LogP contribution in [0, 0.1) is 17.2 Å². The second-order valence-electron chi connectivity index (χ2n) is 4.86. The Hall–Kier alpha value is -1.87. The number of hydrogen-bond donors (Lipinski definition) is 0. The lowest BCUT2D eigenvalue weighted by Crippen LogP contribution is -2.17. The molecule has 0 saturated carbocycles. The molecule has 6 heteroatoms. The molecular weight excluding hydrogens is 322 g/mol. The standard InChI is InChI=1S/C14H14BrN3O2/c1-9(2)8-20-14(19)7-18-13-4-3-10(15)5-11(13)12(6-16)17-18/h3-5,9H,7-8H2,1-2H3. The first kappa shape index (κ1) is 14.5. The van der Waals surface area contributed by atoms with E-state index in [4.69, 9.17) is 10.00 Å². The van der Waals surface area contributed by atoms with Crippen molar-refractivity contribution in [2.24, 2.45) is 5.92 Å². The molecule has 1 aromatic carbocycles. The Kier molecular flexibility index (Phi) is 4.40. The SMILES string of the molecule is CC(C)COC(=O)Cn1nc(C#N)c2cc(Br)ccc21. The minimum absolute atomic E-state index is 0.00648. The van der Waals surface area contributed by atoms with Gasteiger partial charge in [-0.1, -0.05) is 29.8 Å². The zero-order valence-electron chi connectivity index (χ0n) is 11.3. The number of nitriles is 1. The summed E-state index contributed by atoms with van der Waals surface area (Å²) in [5.41, 5.74) is 1.05. The zero-order chi connectivity index (χ0) is 14.7. The highest BCUT2D eigenvalue weighted by Crippen LogP contribution is 2.22. The lowest BCUT2D eigenvalue weighted by Gasteiger charge is -2.07. The Morgan fingerprint density at radius 2 is 2.30 bits per heavy atom. The summed E-state index contributed by atoms with van der Waals surface area (Å²) >= 11 is 3.36. The number of halogens is 1. The van der Waals surface area contributed by atoms with E-state index in [1.165, 1.54) is 4.68 Å². The first-order valence-electron chi connectivity index (χ1n) is 6.23. The summed E-state index contributed by atoms with van der Waals surface area (Å²) in [7, 11) is 0. The van der Waals surface area contributed by atoms with Crippen LogP contribution in [0.4, 0.5) is 0 Å². The molecular formula is C14H14BrN3O2. The Labute approximate surface area is 125 Å². The summed E-state index contributed by atoms with van der Waals surface area (Å²) in [4.78, 5) is 11.7. The summed E-state index contributed by atoms with van der Waals surface area (Å²) < 4.78 is 7.50. The number of hydrogen-bond acceptors (Lipinski definition) is 4. The highest BCUT2D eigenvalue weighted by molar-refractivity contribution is 9.10. The van der Waals surface area contributed by atoms with Crippen LogP contribution in [-0.4, -0.2) is 22.4 Å². The molecule has 0 radical (unpaired) electrons. The smallest absolute Gasteiger partial charge is 0.327 e. The van der Waals surface area contributed by atoms with Gasteiger partial charge in [0.15, 0.2) is 5.69 Å². The maximum absolute atomic E-state index is 11.7. The van der Waals surface area contributed by atoms with Gasteiger partial charge in [-0.05, 0) is 24.1 Å². The quantitative estimate of drug-likeness (QED) is 0.805. The van der Waals surface area contributed by atoms with Crippen LogP contribution >= 0.6 is 15.9 Å². The van der Waals surface area contributed by atoms with E-state index in [0.29, 0.717) is 18.2 Å². The minimum atomic E-state index is -0.351. The number of carbonyl (C=O) groups is 1. The van der Waals surface area contributed by atoms with E-state index in [0.717, 1.165) is 15.4 Å². The molecule has 0 fully saturated rings. The van der Waals surface area contributed by atoms with Crippen molar-refractivity contribution in [3.05, 3.63) is 28.4 Å². The third-order valence-corrected chi connectivity index (χ3v) is 3.17. The van der Waals surface area contributed by atoms with Crippen molar-refractivity contribution in [1.82, 2.24) is 9.78 Å². The largest absolute Gasteiger partial charge is 0.464 e. The van der Waals surface area contributed by atoms with E-state index in [1.807, 2.05) is 38.1 Å². The Balaban J connectivity index is 2.27. The number of benzene rings is 1. The van der Waals surface area contributed by atoms with Crippen molar-refractivity contribution in [2.45, 2.75) is 20.4 Å². The second-order valence-corrected chi connectivity index (χ2v) is 5.77. The van der Waals surface area contributed by atoms with Gasteiger partial charge in [-0.25, -0.2) is 0 Å². The van der Waals surface area contributed by atoms with Gasteiger partial charge in [0.2, 0.25) is 0 Å². The van der Waals surface area contributed by atoms with Crippen LogP contribution in [0.3, 0.4) is 0 Å². The van der Waals surface area contributed by atoms with Crippen LogP contribution in [-0.2, 0) is 16.1 Å². The number of esters is 1.